The molecule has 1 aliphatic rings. The van der Waals surface area contributed by atoms with Crippen molar-refractivity contribution in [2.75, 3.05) is 0 Å². The molecule has 0 amide bonds. The minimum absolute atomic E-state index is 0.0397. The zero-order valence-electron chi connectivity index (χ0n) is 18.2. The van der Waals surface area contributed by atoms with E-state index in [0.29, 0.717) is 18.3 Å². The quantitative estimate of drug-likeness (QED) is 0.375. The van der Waals surface area contributed by atoms with Crippen LogP contribution in [0.2, 0.25) is 0 Å². The minimum Gasteiger partial charge on any atom is -0.489 e. The van der Waals surface area contributed by atoms with Crippen molar-refractivity contribution >= 4 is 0 Å². The van der Waals surface area contributed by atoms with Crippen LogP contribution in [0.4, 0.5) is 4.39 Å². The van der Waals surface area contributed by atoms with Crippen molar-refractivity contribution in [2.45, 2.75) is 83.7 Å². The van der Waals surface area contributed by atoms with Crippen LogP contribution in [-0.2, 0) is 6.61 Å². The summed E-state index contributed by atoms with van der Waals surface area (Å²) in [5.41, 5.74) is 2.55. The summed E-state index contributed by atoms with van der Waals surface area (Å²) in [5, 5.41) is 8.80. The Hall–Kier alpha value is -2.34. The molecule has 0 radical (unpaired) electrons. The molecule has 3 heteroatoms. The van der Waals surface area contributed by atoms with Crippen molar-refractivity contribution < 1.29 is 9.13 Å². The summed E-state index contributed by atoms with van der Waals surface area (Å²) >= 11 is 0. The van der Waals surface area contributed by atoms with Crippen LogP contribution in [0.15, 0.2) is 42.5 Å². The molecule has 2 nitrogen and oxygen atoms in total. The van der Waals surface area contributed by atoms with Crippen molar-refractivity contribution in [1.82, 2.24) is 0 Å². The third-order valence-corrected chi connectivity index (χ3v) is 6.48. The van der Waals surface area contributed by atoms with Gasteiger partial charge in [0.15, 0.2) is 0 Å². The Bertz CT molecular complexity index is 816. The van der Waals surface area contributed by atoms with E-state index >= 15 is 0 Å². The molecule has 0 unspecified atom stereocenters. The zero-order chi connectivity index (χ0) is 21.2. The van der Waals surface area contributed by atoms with Gasteiger partial charge in [0, 0.05) is 6.07 Å². The number of halogens is 1. The van der Waals surface area contributed by atoms with Gasteiger partial charge in [0.2, 0.25) is 0 Å². The molecule has 0 aromatic heterocycles. The molecule has 1 aliphatic carbocycles. The van der Waals surface area contributed by atoms with Crippen LogP contribution in [0, 0.1) is 23.1 Å². The number of hydrogen-bond donors (Lipinski definition) is 0. The van der Waals surface area contributed by atoms with E-state index in [4.69, 9.17) is 10.00 Å². The van der Waals surface area contributed by atoms with Crippen molar-refractivity contribution in [3.05, 3.63) is 65.0 Å². The number of hydrogen-bond acceptors (Lipinski definition) is 2. The van der Waals surface area contributed by atoms with Gasteiger partial charge in [-0.3, -0.25) is 0 Å². The molecule has 0 N–H and O–H groups in total. The topological polar surface area (TPSA) is 33.0 Å². The second kappa shape index (κ2) is 11.7. The lowest BCUT2D eigenvalue weighted by molar-refractivity contribution is 0.300. The van der Waals surface area contributed by atoms with Crippen LogP contribution < -0.4 is 4.74 Å². The van der Waals surface area contributed by atoms with Gasteiger partial charge in [-0.2, -0.15) is 5.26 Å². The van der Waals surface area contributed by atoms with Gasteiger partial charge < -0.3 is 4.74 Å². The van der Waals surface area contributed by atoms with E-state index in [1.807, 2.05) is 6.07 Å². The summed E-state index contributed by atoms with van der Waals surface area (Å²) in [6.45, 7) is 2.67. The molecule has 1 fully saturated rings. The molecular formula is C27H34FNO. The molecule has 1 saturated carbocycles. The lowest BCUT2D eigenvalue weighted by Crippen LogP contribution is -2.13. The molecule has 2 aromatic carbocycles. The van der Waals surface area contributed by atoms with E-state index in [9.17, 15) is 4.39 Å². The first-order valence-electron chi connectivity index (χ1n) is 11.6. The number of nitrogens with zero attached hydrogens (tertiary/aromatic N) is 1. The Labute approximate surface area is 181 Å². The van der Waals surface area contributed by atoms with Crippen LogP contribution in [0.25, 0.3) is 0 Å². The van der Waals surface area contributed by atoms with Gasteiger partial charge in [0.25, 0.3) is 0 Å². The highest BCUT2D eigenvalue weighted by Crippen LogP contribution is 2.37. The summed E-state index contributed by atoms with van der Waals surface area (Å²) in [6, 6.07) is 14.9. The van der Waals surface area contributed by atoms with Crippen molar-refractivity contribution in [2.24, 2.45) is 5.92 Å². The van der Waals surface area contributed by atoms with Gasteiger partial charge in [-0.05, 0) is 60.8 Å². The number of rotatable bonds is 10. The van der Waals surface area contributed by atoms with E-state index in [1.54, 1.807) is 6.07 Å². The summed E-state index contributed by atoms with van der Waals surface area (Å²) in [7, 11) is 0. The first kappa shape index (κ1) is 22.3. The van der Waals surface area contributed by atoms with Crippen LogP contribution in [0.1, 0.15) is 93.7 Å². The van der Waals surface area contributed by atoms with Crippen molar-refractivity contribution in [3.63, 3.8) is 0 Å². The molecule has 0 heterocycles. The van der Waals surface area contributed by atoms with E-state index in [2.05, 4.69) is 31.2 Å². The fourth-order valence-corrected chi connectivity index (χ4v) is 4.55. The second-order valence-corrected chi connectivity index (χ2v) is 8.70. The molecule has 3 rings (SSSR count). The van der Waals surface area contributed by atoms with Gasteiger partial charge in [-0.15, -0.1) is 0 Å². The Balaban J connectivity index is 1.41. The monoisotopic (exact) mass is 407 g/mol. The van der Waals surface area contributed by atoms with Crippen molar-refractivity contribution in [3.8, 4) is 11.8 Å². The second-order valence-electron chi connectivity index (χ2n) is 8.70. The maximum absolute atomic E-state index is 13.7. The molecular weight excluding hydrogens is 373 g/mol. The van der Waals surface area contributed by atoms with Gasteiger partial charge in [-0.1, -0.05) is 69.7 Å². The van der Waals surface area contributed by atoms with Crippen LogP contribution in [0.3, 0.4) is 0 Å². The number of nitriles is 1. The van der Waals surface area contributed by atoms with E-state index < -0.39 is 5.82 Å². The molecule has 0 spiro atoms. The number of ether oxygens (including phenoxy) is 1. The van der Waals surface area contributed by atoms with E-state index in [1.165, 1.54) is 81.9 Å². The summed E-state index contributed by atoms with van der Waals surface area (Å²) in [5.74, 6) is 1.53. The van der Waals surface area contributed by atoms with E-state index in [0.717, 1.165) is 11.5 Å². The average molecular weight is 408 g/mol. The first-order chi connectivity index (χ1) is 14.7. The molecule has 30 heavy (non-hydrogen) atoms. The summed E-state index contributed by atoms with van der Waals surface area (Å²) in [4.78, 5) is 0. The summed E-state index contributed by atoms with van der Waals surface area (Å²) < 4.78 is 19.4. The highest BCUT2D eigenvalue weighted by Gasteiger charge is 2.22. The number of unbranched alkanes of at least 4 members (excludes halogenated alkanes) is 4. The van der Waals surface area contributed by atoms with Crippen LogP contribution in [-0.4, -0.2) is 0 Å². The Kier molecular flexibility index (Phi) is 8.75. The molecule has 0 saturated heterocycles. The molecule has 0 aliphatic heterocycles. The first-order valence-corrected chi connectivity index (χ1v) is 11.6. The highest BCUT2D eigenvalue weighted by atomic mass is 19.1. The number of benzene rings is 2. The Morgan fingerprint density at radius 3 is 2.37 bits per heavy atom. The Morgan fingerprint density at radius 2 is 1.70 bits per heavy atom. The molecule has 0 bridgehead atoms. The SMILES string of the molecule is CCCCCCC[C@H]1CC[C@H](c2ccc(COc3ccc(C#N)c(F)c3)cc2)CC1. The fourth-order valence-electron chi connectivity index (χ4n) is 4.55. The Morgan fingerprint density at radius 1 is 0.967 bits per heavy atom. The highest BCUT2D eigenvalue weighted by molar-refractivity contribution is 5.36. The smallest absolute Gasteiger partial charge is 0.144 e. The fraction of sp³-hybridized carbons (Fsp3) is 0.519. The lowest BCUT2D eigenvalue weighted by atomic mass is 9.77. The third kappa shape index (κ3) is 6.59. The van der Waals surface area contributed by atoms with Crippen LogP contribution in [0.5, 0.6) is 5.75 Å². The zero-order valence-corrected chi connectivity index (χ0v) is 18.2. The van der Waals surface area contributed by atoms with Crippen molar-refractivity contribution in [1.29, 1.82) is 5.26 Å². The molecule has 0 atom stereocenters. The molecule has 2 aromatic rings. The average Bonchev–Trinajstić information content (AvgIpc) is 2.78. The van der Waals surface area contributed by atoms with Gasteiger partial charge >= 0.3 is 0 Å². The minimum atomic E-state index is -0.540. The van der Waals surface area contributed by atoms with Gasteiger partial charge in [-0.25, -0.2) is 4.39 Å². The third-order valence-electron chi connectivity index (χ3n) is 6.48. The summed E-state index contributed by atoms with van der Waals surface area (Å²) in [6.07, 6.45) is 13.7. The van der Waals surface area contributed by atoms with Gasteiger partial charge in [0.05, 0.1) is 5.56 Å². The van der Waals surface area contributed by atoms with Crippen LogP contribution >= 0.6 is 0 Å². The maximum atomic E-state index is 13.7. The van der Waals surface area contributed by atoms with Gasteiger partial charge in [0.1, 0.15) is 24.2 Å². The lowest BCUT2D eigenvalue weighted by Gasteiger charge is -2.29. The predicted octanol–water partition coefficient (Wildman–Crippen LogP) is 7.91. The largest absolute Gasteiger partial charge is 0.489 e. The maximum Gasteiger partial charge on any atom is 0.144 e. The molecule has 160 valence electrons. The predicted molar refractivity (Wildman–Crippen MR) is 120 cm³/mol. The standard InChI is InChI=1S/C27H34FNO/c1-2-3-4-5-6-7-21-8-12-23(13-9-21)24-14-10-22(11-15-24)20-30-26-17-16-25(19-29)27(28)18-26/h10-11,14-18,21,23H,2-9,12-13,20H2,1H3/t21-,23-. The normalized spacial score (nSPS) is 18.7. The van der Waals surface area contributed by atoms with E-state index in [-0.39, 0.29) is 5.56 Å².